The molecule has 0 saturated carbocycles. The SMILES string of the molecule is C=CCOC(=O)/C(C#N)=C/C(Cl)=C/c1ccccc1. The summed E-state index contributed by atoms with van der Waals surface area (Å²) in [4.78, 5) is 11.5. The van der Waals surface area contributed by atoms with Crippen molar-refractivity contribution in [1.82, 2.24) is 0 Å². The predicted molar refractivity (Wildman–Crippen MR) is 75.1 cm³/mol. The fourth-order valence-electron chi connectivity index (χ4n) is 1.24. The normalized spacial score (nSPS) is 11.6. The number of benzene rings is 1. The molecule has 0 heterocycles. The summed E-state index contributed by atoms with van der Waals surface area (Å²) >= 11 is 5.97. The van der Waals surface area contributed by atoms with Crippen LogP contribution in [-0.4, -0.2) is 12.6 Å². The highest BCUT2D eigenvalue weighted by Gasteiger charge is 2.09. The number of nitrogens with zero attached hydrogens (tertiary/aromatic N) is 1. The van der Waals surface area contributed by atoms with Gasteiger partial charge in [0.25, 0.3) is 0 Å². The van der Waals surface area contributed by atoms with E-state index in [0.29, 0.717) is 0 Å². The summed E-state index contributed by atoms with van der Waals surface area (Å²) < 4.78 is 4.76. The third kappa shape index (κ3) is 5.24. The van der Waals surface area contributed by atoms with Crippen molar-refractivity contribution in [3.8, 4) is 6.07 Å². The molecule has 96 valence electrons. The Hall–Kier alpha value is -2.31. The van der Waals surface area contributed by atoms with Crippen LogP contribution in [0.5, 0.6) is 0 Å². The van der Waals surface area contributed by atoms with Crippen molar-refractivity contribution in [2.45, 2.75) is 0 Å². The zero-order valence-corrected chi connectivity index (χ0v) is 10.9. The van der Waals surface area contributed by atoms with Gasteiger partial charge >= 0.3 is 5.97 Å². The van der Waals surface area contributed by atoms with E-state index in [9.17, 15) is 4.79 Å². The summed E-state index contributed by atoms with van der Waals surface area (Å²) in [5.41, 5.74) is 0.722. The average Bonchev–Trinajstić information content (AvgIpc) is 2.43. The van der Waals surface area contributed by atoms with E-state index in [1.54, 1.807) is 12.1 Å². The van der Waals surface area contributed by atoms with Gasteiger partial charge in [-0.3, -0.25) is 0 Å². The molecule has 0 fully saturated rings. The van der Waals surface area contributed by atoms with Crippen LogP contribution in [0.25, 0.3) is 6.08 Å². The number of rotatable bonds is 5. The van der Waals surface area contributed by atoms with Gasteiger partial charge in [-0.25, -0.2) is 4.79 Å². The predicted octanol–water partition coefficient (Wildman–Crippen LogP) is 3.45. The van der Waals surface area contributed by atoms with E-state index < -0.39 is 5.97 Å². The van der Waals surface area contributed by atoms with E-state index >= 15 is 0 Å². The third-order valence-electron chi connectivity index (χ3n) is 2.06. The Labute approximate surface area is 117 Å². The molecule has 3 nitrogen and oxygen atoms in total. The molecule has 0 spiro atoms. The van der Waals surface area contributed by atoms with E-state index in [-0.39, 0.29) is 17.2 Å². The van der Waals surface area contributed by atoms with Crippen molar-refractivity contribution in [1.29, 1.82) is 5.26 Å². The van der Waals surface area contributed by atoms with Crippen LogP contribution in [0.3, 0.4) is 0 Å². The lowest BCUT2D eigenvalue weighted by atomic mass is 10.2. The second-order valence-electron chi connectivity index (χ2n) is 3.50. The number of hydrogen-bond donors (Lipinski definition) is 0. The molecule has 0 aliphatic rings. The maximum Gasteiger partial charge on any atom is 0.349 e. The van der Waals surface area contributed by atoms with Gasteiger partial charge in [-0.05, 0) is 17.7 Å². The second kappa shape index (κ2) is 7.91. The van der Waals surface area contributed by atoms with Crippen molar-refractivity contribution >= 4 is 23.6 Å². The van der Waals surface area contributed by atoms with Gasteiger partial charge in [0.15, 0.2) is 0 Å². The molecule has 0 N–H and O–H groups in total. The van der Waals surface area contributed by atoms with Crippen LogP contribution in [0.4, 0.5) is 0 Å². The average molecular weight is 274 g/mol. The van der Waals surface area contributed by atoms with E-state index in [4.69, 9.17) is 21.6 Å². The molecule has 4 heteroatoms. The summed E-state index contributed by atoms with van der Waals surface area (Å²) in [5.74, 6) is -0.720. The quantitative estimate of drug-likeness (QED) is 0.271. The van der Waals surface area contributed by atoms with E-state index in [2.05, 4.69) is 6.58 Å². The lowest BCUT2D eigenvalue weighted by Gasteiger charge is -1.99. The van der Waals surface area contributed by atoms with Crippen LogP contribution in [0, 0.1) is 11.3 Å². The van der Waals surface area contributed by atoms with Crippen LogP contribution >= 0.6 is 11.6 Å². The standard InChI is InChI=1S/C15H12ClNO2/c1-2-8-19-15(18)13(11-17)10-14(16)9-12-6-4-3-5-7-12/h2-7,9-10H,1,8H2/b13-10+,14-9-. The van der Waals surface area contributed by atoms with Crippen LogP contribution in [0.1, 0.15) is 5.56 Å². The van der Waals surface area contributed by atoms with Crippen LogP contribution < -0.4 is 0 Å². The summed E-state index contributed by atoms with van der Waals surface area (Å²) in [6.45, 7) is 3.47. The minimum Gasteiger partial charge on any atom is -0.457 e. The molecule has 19 heavy (non-hydrogen) atoms. The van der Waals surface area contributed by atoms with Gasteiger partial charge in [0.2, 0.25) is 0 Å². The molecule has 1 rings (SSSR count). The Balaban J connectivity index is 2.86. The first-order valence-corrected chi connectivity index (χ1v) is 5.87. The van der Waals surface area contributed by atoms with Gasteiger partial charge in [-0.15, -0.1) is 0 Å². The second-order valence-corrected chi connectivity index (χ2v) is 3.93. The molecule has 0 radical (unpaired) electrons. The fourth-order valence-corrected chi connectivity index (χ4v) is 1.47. The number of ether oxygens (including phenoxy) is 1. The van der Waals surface area contributed by atoms with Crippen molar-refractivity contribution in [2.24, 2.45) is 0 Å². The number of halogens is 1. The summed E-state index contributed by atoms with van der Waals surface area (Å²) in [6, 6.07) is 11.1. The largest absolute Gasteiger partial charge is 0.457 e. The molecule has 1 aromatic rings. The number of esters is 1. The number of carbonyl (C=O) groups excluding carboxylic acids is 1. The highest BCUT2D eigenvalue weighted by molar-refractivity contribution is 6.33. The number of nitriles is 1. The third-order valence-corrected chi connectivity index (χ3v) is 2.28. The molecule has 0 aliphatic heterocycles. The van der Waals surface area contributed by atoms with Gasteiger partial charge in [0.05, 0.1) is 0 Å². The van der Waals surface area contributed by atoms with Gasteiger partial charge in [-0.1, -0.05) is 54.6 Å². The van der Waals surface area contributed by atoms with Crippen LogP contribution in [-0.2, 0) is 9.53 Å². The molecule has 0 aromatic heterocycles. The van der Waals surface area contributed by atoms with Crippen LogP contribution in [0.15, 0.2) is 59.7 Å². The number of allylic oxidation sites excluding steroid dienone is 2. The molecule has 0 amide bonds. The maximum absolute atomic E-state index is 11.5. The molecular weight excluding hydrogens is 262 g/mol. The highest BCUT2D eigenvalue weighted by Crippen LogP contribution is 2.13. The fraction of sp³-hybridized carbons (Fsp3) is 0.0667. The van der Waals surface area contributed by atoms with Gasteiger partial charge in [-0.2, -0.15) is 5.26 Å². The van der Waals surface area contributed by atoms with Crippen LogP contribution in [0.2, 0.25) is 0 Å². The lowest BCUT2D eigenvalue weighted by Crippen LogP contribution is -2.06. The van der Waals surface area contributed by atoms with E-state index in [1.165, 1.54) is 12.2 Å². The monoisotopic (exact) mass is 273 g/mol. The first-order chi connectivity index (χ1) is 9.17. The minimum absolute atomic E-state index is 0.0534. The Morgan fingerprint density at radius 1 is 1.42 bits per heavy atom. The first kappa shape index (κ1) is 14.7. The Morgan fingerprint density at radius 2 is 2.11 bits per heavy atom. The number of carbonyl (C=O) groups is 1. The number of hydrogen-bond acceptors (Lipinski definition) is 3. The van der Waals surface area contributed by atoms with Gasteiger partial charge in [0.1, 0.15) is 18.2 Å². The zero-order chi connectivity index (χ0) is 14.1. The Morgan fingerprint density at radius 3 is 2.68 bits per heavy atom. The maximum atomic E-state index is 11.5. The van der Waals surface area contributed by atoms with Crippen molar-refractivity contribution in [3.63, 3.8) is 0 Å². The highest BCUT2D eigenvalue weighted by atomic mass is 35.5. The first-order valence-electron chi connectivity index (χ1n) is 5.49. The van der Waals surface area contributed by atoms with Crippen molar-refractivity contribution in [3.05, 3.63) is 65.2 Å². The lowest BCUT2D eigenvalue weighted by molar-refractivity contribution is -0.137. The van der Waals surface area contributed by atoms with Gasteiger partial charge < -0.3 is 4.74 Å². The topological polar surface area (TPSA) is 50.1 Å². The summed E-state index contributed by atoms with van der Waals surface area (Å²) in [5, 5.41) is 9.16. The summed E-state index contributed by atoms with van der Waals surface area (Å²) in [6.07, 6.45) is 4.36. The Kier molecular flexibility index (Phi) is 6.14. The molecule has 0 bridgehead atoms. The van der Waals surface area contributed by atoms with E-state index in [0.717, 1.165) is 5.56 Å². The molecule has 1 aromatic carbocycles. The smallest absolute Gasteiger partial charge is 0.349 e. The molecule has 0 atom stereocenters. The van der Waals surface area contributed by atoms with Gasteiger partial charge in [0, 0.05) is 5.03 Å². The molecular formula is C15H12ClNO2. The molecule has 0 saturated heterocycles. The Bertz CT molecular complexity index is 553. The minimum atomic E-state index is -0.720. The zero-order valence-electron chi connectivity index (χ0n) is 10.2. The summed E-state index contributed by atoms with van der Waals surface area (Å²) in [7, 11) is 0. The molecule has 0 aliphatic carbocycles. The van der Waals surface area contributed by atoms with E-state index in [1.807, 2.05) is 30.3 Å². The molecule has 0 unspecified atom stereocenters. The van der Waals surface area contributed by atoms with Crippen molar-refractivity contribution in [2.75, 3.05) is 6.61 Å². The van der Waals surface area contributed by atoms with Crippen molar-refractivity contribution < 1.29 is 9.53 Å².